The number of hydrogen-bond acceptors (Lipinski definition) is 29. The third-order valence-corrected chi connectivity index (χ3v) is 45.2. The molecule has 39 nitrogen and oxygen atoms in total. The number of benzene rings is 1. The molecule has 694 valence electrons. The van der Waals surface area contributed by atoms with Gasteiger partial charge in [-0.15, -0.1) is 0 Å². The monoisotopic (exact) mass is 1860 g/mol. The van der Waals surface area contributed by atoms with Crippen molar-refractivity contribution in [2.24, 2.45) is 0 Å². The summed E-state index contributed by atoms with van der Waals surface area (Å²) < 4.78 is 135. The summed E-state index contributed by atoms with van der Waals surface area (Å²) in [6.07, 6.45) is -13.6. The van der Waals surface area contributed by atoms with E-state index in [1.54, 1.807) is 26.0 Å². The van der Waals surface area contributed by atoms with E-state index in [0.717, 1.165) is 48.6 Å². The zero-order chi connectivity index (χ0) is 93.6. The topological polar surface area (TPSA) is 464 Å². The van der Waals surface area contributed by atoms with Crippen LogP contribution in [0.3, 0.4) is 0 Å². The first-order valence-corrected chi connectivity index (χ1v) is 55.9. The van der Waals surface area contributed by atoms with Gasteiger partial charge in [-0.25, -0.2) is 51.0 Å². The van der Waals surface area contributed by atoms with Gasteiger partial charge in [0.05, 0.1) is 31.0 Å². The predicted octanol–water partition coefficient (Wildman–Crippen LogP) is 10.1. The van der Waals surface area contributed by atoms with Gasteiger partial charge < -0.3 is 60.9 Å². The molecule has 5 N–H and O–H groups in total. The van der Waals surface area contributed by atoms with Crippen molar-refractivity contribution >= 4 is 60.9 Å². The summed E-state index contributed by atoms with van der Waals surface area (Å²) in [4.78, 5) is 143. The standard InChI is InChI=1S/C46H68N5O16PSi2.C34H56N5O13PSi2/c1-16-31-37(39(67-70(14,15)46(8,9)10)41(62-31)51-21-18-34(53)49-44(51)57)65-68(58,60-22-19-47-11)61-25-32-36(64-35(54)26-59-42(55)30-23-27(2)29(4)28(3)24-30)38(66-69(12,13)45(5,6)7)40(63-32)50-20-17-33(52)48-43(50)56;1-13-21-26(28(52-55(11,12)34(5,6)7)30(48-21)39-18-15-24(41)37-32(39)44)50-53(45,46-19-16-35-8)47-20-22-25(42)27(51-54(9,10)33(2,3)4)29(49-22)38-17-14-23(40)36-31(38)43/h17-18,20-21,23-24,31-32,36-41H,16,19,22,25-26H2,1-10,12-15H3,(H,48,52,56)(H,49,53,57);14-15,17-18,21-22,25-30,42H,13,16,19-20H2,1-7,9-12H3,(H,36,40,43)(H,37,41,44). The number of rotatable bonds is 34. The first-order chi connectivity index (χ1) is 57.8. The fourth-order valence-electron chi connectivity index (χ4n) is 12.9. The van der Waals surface area contributed by atoms with Crippen LogP contribution in [0.1, 0.15) is 162 Å². The van der Waals surface area contributed by atoms with Gasteiger partial charge in [0, 0.05) is 49.1 Å². The van der Waals surface area contributed by atoms with Crippen LogP contribution in [-0.2, 0) is 87.2 Å². The molecule has 4 saturated heterocycles. The molecule has 4 aromatic heterocycles. The van der Waals surface area contributed by atoms with E-state index in [9.17, 15) is 57.6 Å². The molecule has 0 radical (unpaired) electrons. The van der Waals surface area contributed by atoms with Crippen molar-refractivity contribution in [3.63, 3.8) is 0 Å². The summed E-state index contributed by atoms with van der Waals surface area (Å²) in [6.45, 7) is 60.2. The van der Waals surface area contributed by atoms with Gasteiger partial charge in [0.2, 0.25) is 13.1 Å². The number of hydrogen-bond donors (Lipinski definition) is 5. The average Bonchev–Trinajstić information content (AvgIpc) is 1.64. The van der Waals surface area contributed by atoms with E-state index in [1.807, 2.05) is 156 Å². The summed E-state index contributed by atoms with van der Waals surface area (Å²) in [5.74, 6) is -1.81. The number of ether oxygens (including phenoxy) is 6. The molecule has 4 aliphatic heterocycles. The van der Waals surface area contributed by atoms with Crippen molar-refractivity contribution in [1.29, 1.82) is 0 Å². The number of H-pyrrole nitrogens is 4. The Hall–Kier alpha value is -7.41. The molecule has 8 heterocycles. The molecule has 45 heteroatoms. The van der Waals surface area contributed by atoms with Gasteiger partial charge in [-0.2, -0.15) is 0 Å². The third kappa shape index (κ3) is 25.0. The number of aromatic amines is 4. The maximum atomic E-state index is 15.2. The van der Waals surface area contributed by atoms with Crippen molar-refractivity contribution in [2.75, 3.05) is 46.1 Å². The zero-order valence-corrected chi connectivity index (χ0v) is 81.6. The minimum absolute atomic E-state index is 0.184. The second-order valence-corrected chi connectivity index (χ2v) is 59.6. The van der Waals surface area contributed by atoms with Gasteiger partial charge in [0.1, 0.15) is 68.1 Å². The Morgan fingerprint density at radius 2 is 0.752 bits per heavy atom. The Labute approximate surface area is 729 Å². The lowest BCUT2D eigenvalue weighted by molar-refractivity contribution is -0.159. The molecule has 1 aromatic carbocycles. The van der Waals surface area contributed by atoms with Gasteiger partial charge in [0.15, 0.2) is 70.9 Å². The van der Waals surface area contributed by atoms with E-state index in [4.69, 9.17) is 86.4 Å². The van der Waals surface area contributed by atoms with Crippen LogP contribution >= 0.6 is 15.6 Å². The summed E-state index contributed by atoms with van der Waals surface area (Å²) in [7, 11) is -20.5. The molecule has 18 unspecified atom stereocenters. The van der Waals surface area contributed by atoms with E-state index in [0.29, 0.717) is 6.42 Å². The molecule has 18 atom stereocenters. The fourth-order valence-corrected chi connectivity index (χ4v) is 20.8. The minimum atomic E-state index is -4.88. The Morgan fingerprint density at radius 3 is 1.06 bits per heavy atom. The molecule has 0 spiro atoms. The summed E-state index contributed by atoms with van der Waals surface area (Å²) in [6, 6.07) is 7.87. The van der Waals surface area contributed by atoms with Crippen molar-refractivity contribution in [3.05, 3.63) is 190 Å². The number of aliphatic hydroxyl groups excluding tert-OH is 1. The predicted molar refractivity (Wildman–Crippen MR) is 468 cm³/mol. The Kier molecular flexibility index (Phi) is 33.5. The van der Waals surface area contributed by atoms with Crippen molar-refractivity contribution in [1.82, 2.24) is 38.2 Å². The number of esters is 2. The second kappa shape index (κ2) is 40.7. The number of aromatic nitrogens is 8. The van der Waals surface area contributed by atoms with E-state index in [1.165, 1.54) is 35.4 Å². The van der Waals surface area contributed by atoms with Crippen LogP contribution in [0, 0.1) is 33.9 Å². The lowest BCUT2D eigenvalue weighted by atomic mass is 10.0. The molecular formula is C80H124N10O29P2Si4. The van der Waals surface area contributed by atoms with Gasteiger partial charge in [-0.1, -0.05) is 96.9 Å². The second-order valence-electron chi connectivity index (χ2n) is 37.3. The smallest absolute Gasteiger partial charge is 0.454 e. The number of phosphoric acid groups is 2. The van der Waals surface area contributed by atoms with Crippen LogP contribution < -0.4 is 45.0 Å². The van der Waals surface area contributed by atoms with E-state index in [2.05, 4.69) is 29.6 Å². The highest BCUT2D eigenvalue weighted by Gasteiger charge is 2.60. The van der Waals surface area contributed by atoms with E-state index < -0.39 is 235 Å². The summed E-state index contributed by atoms with van der Waals surface area (Å²) in [5, 5.41) is 10.2. The number of nitrogens with zero attached hydrogens (tertiary/aromatic N) is 6. The summed E-state index contributed by atoms with van der Waals surface area (Å²) >= 11 is 0. The molecule has 9 rings (SSSR count). The van der Waals surface area contributed by atoms with Crippen LogP contribution in [0.5, 0.6) is 0 Å². The number of aliphatic hydroxyl groups is 1. The molecule has 4 aliphatic rings. The van der Waals surface area contributed by atoms with Crippen molar-refractivity contribution in [2.45, 2.75) is 301 Å². The number of nitrogens with one attached hydrogen (secondary N) is 4. The fraction of sp³-hybridized carbons (Fsp3) is 0.675. The van der Waals surface area contributed by atoms with Gasteiger partial charge in [-0.05, 0) is 135 Å². The lowest BCUT2D eigenvalue weighted by Crippen LogP contribution is -2.51. The Balaban J connectivity index is 0.000000319. The number of carbonyl (C=O) groups excluding carboxylic acids is 2. The highest BCUT2D eigenvalue weighted by atomic mass is 31.2. The highest BCUT2D eigenvalue weighted by Crippen LogP contribution is 2.58. The van der Waals surface area contributed by atoms with E-state index >= 15 is 4.57 Å². The normalized spacial score (nSPS) is 25.5. The Morgan fingerprint density at radius 1 is 0.456 bits per heavy atom. The highest BCUT2D eigenvalue weighted by molar-refractivity contribution is 7.48. The molecule has 0 aliphatic carbocycles. The van der Waals surface area contributed by atoms with Gasteiger partial charge in [-0.3, -0.25) is 84.5 Å². The largest absolute Gasteiger partial charge is 0.475 e. The van der Waals surface area contributed by atoms with Crippen LogP contribution in [0.15, 0.2) is 99.5 Å². The SMILES string of the molecule is [C-]#[N+]CCOP(=O)(OCC1OC(n2ccc(=O)[nH]c2=O)C(O[Si](C)(C)C(C)(C)C)C1O)OC1C(CC)OC(n2ccc(=O)[nH]c2=O)C1O[Si](C)(C)C(C)(C)C.[C-]#[N+]CCOP(=O)(OCC1OC(n2ccc(=O)[nH]c2=O)C(O[Si](C)(C)C(C)(C)C)C1OC(=O)COC(=O)c1cc(C)c(C)c(C)c1)OC1C(CC)OC(n2ccc(=O)[nH]c2=O)C1O[Si](C)(C)C(C)(C)C. The maximum Gasteiger partial charge on any atom is 0.475 e. The number of aryl methyl sites for hydroxylation is 2. The molecule has 0 saturated carbocycles. The molecular weight excluding hydrogens is 1740 g/mol. The number of carbonyl (C=O) groups is 2. The maximum absolute atomic E-state index is 15.2. The third-order valence-electron chi connectivity index (χ3n) is 24.4. The van der Waals surface area contributed by atoms with Crippen molar-refractivity contribution < 1.29 is 97.1 Å². The van der Waals surface area contributed by atoms with Crippen LogP contribution in [0.2, 0.25) is 72.5 Å². The first-order valence-electron chi connectivity index (χ1n) is 41.3. The average molecular weight is 1860 g/mol. The molecule has 125 heavy (non-hydrogen) atoms. The molecule has 4 fully saturated rings. The Bertz CT molecular complexity index is 5310. The lowest BCUT2D eigenvalue weighted by Gasteiger charge is -2.41. The zero-order valence-electron chi connectivity index (χ0n) is 75.8. The van der Waals surface area contributed by atoms with Gasteiger partial charge >= 0.3 is 50.3 Å². The molecule has 0 amide bonds. The van der Waals surface area contributed by atoms with Crippen LogP contribution in [0.4, 0.5) is 0 Å². The van der Waals surface area contributed by atoms with Gasteiger partial charge in [0.25, 0.3) is 22.2 Å². The van der Waals surface area contributed by atoms with Crippen LogP contribution in [-0.4, -0.2) is 208 Å². The molecule has 5 aromatic rings. The summed E-state index contributed by atoms with van der Waals surface area (Å²) in [5.41, 5.74) is -2.84. The van der Waals surface area contributed by atoms with Crippen LogP contribution in [0.25, 0.3) is 9.69 Å². The quantitative estimate of drug-likeness (QED) is 0.00840. The van der Waals surface area contributed by atoms with Crippen molar-refractivity contribution in [3.8, 4) is 0 Å². The minimum Gasteiger partial charge on any atom is -0.454 e. The first kappa shape index (κ1) is 103. The molecule has 0 bridgehead atoms. The number of phosphoric ester groups is 2. The van der Waals surface area contributed by atoms with E-state index in [-0.39, 0.29) is 46.8 Å².